The van der Waals surface area contributed by atoms with Crippen LogP contribution in [0.5, 0.6) is 0 Å². The number of nitrogens with one attached hydrogen (secondary N) is 1. The molecule has 0 aliphatic carbocycles. The van der Waals surface area contributed by atoms with E-state index in [1.165, 1.54) is 11.1 Å². The first-order chi connectivity index (χ1) is 9.85. The third-order valence-electron chi connectivity index (χ3n) is 3.35. The molecular weight excluding hydrogens is 248 g/mol. The van der Waals surface area contributed by atoms with Crippen LogP contribution < -0.4 is 5.32 Å². The molecule has 3 heteroatoms. The molecule has 0 unspecified atom stereocenters. The molecule has 0 fully saturated rings. The largest absolute Gasteiger partial charge is 0.441 e. The van der Waals surface area contributed by atoms with Crippen molar-refractivity contribution in [3.05, 3.63) is 65.5 Å². The molecule has 2 aromatic carbocycles. The summed E-state index contributed by atoms with van der Waals surface area (Å²) in [5.41, 5.74) is 4.35. The van der Waals surface area contributed by atoms with E-state index in [9.17, 15) is 0 Å². The second-order valence-electron chi connectivity index (χ2n) is 4.93. The topological polar surface area (TPSA) is 38.1 Å². The number of rotatable bonds is 5. The summed E-state index contributed by atoms with van der Waals surface area (Å²) in [6.07, 6.45) is 1.79. The van der Waals surface area contributed by atoms with Gasteiger partial charge in [0.25, 0.3) is 0 Å². The zero-order chi connectivity index (χ0) is 13.8. The molecule has 3 aromatic rings. The van der Waals surface area contributed by atoms with Gasteiger partial charge in [0.15, 0.2) is 11.5 Å². The molecular formula is C17H18N2O. The van der Waals surface area contributed by atoms with E-state index >= 15 is 0 Å². The molecule has 20 heavy (non-hydrogen) atoms. The van der Waals surface area contributed by atoms with Crippen LogP contribution in [0, 0.1) is 0 Å². The predicted octanol–water partition coefficient (Wildman–Crippen LogP) is 3.33. The van der Waals surface area contributed by atoms with E-state index in [1.807, 2.05) is 19.2 Å². The highest BCUT2D eigenvalue weighted by molar-refractivity contribution is 5.73. The van der Waals surface area contributed by atoms with Crippen molar-refractivity contribution < 1.29 is 4.42 Å². The van der Waals surface area contributed by atoms with Gasteiger partial charge in [-0.25, -0.2) is 4.98 Å². The average Bonchev–Trinajstić information content (AvgIpc) is 2.89. The van der Waals surface area contributed by atoms with Gasteiger partial charge in [0.2, 0.25) is 0 Å². The van der Waals surface area contributed by atoms with Crippen LogP contribution in [0.4, 0.5) is 0 Å². The van der Waals surface area contributed by atoms with E-state index < -0.39 is 0 Å². The van der Waals surface area contributed by atoms with Gasteiger partial charge < -0.3 is 9.73 Å². The zero-order valence-electron chi connectivity index (χ0n) is 11.6. The normalized spacial score (nSPS) is 11.1. The monoisotopic (exact) mass is 266 g/mol. The number of aromatic nitrogens is 1. The Balaban J connectivity index is 1.75. The molecule has 1 N–H and O–H groups in total. The van der Waals surface area contributed by atoms with Crippen LogP contribution in [0.15, 0.2) is 52.9 Å². The molecule has 3 nitrogen and oxygen atoms in total. The minimum absolute atomic E-state index is 0.811. The molecule has 1 heterocycles. The molecule has 0 atom stereocenters. The number of benzene rings is 2. The summed E-state index contributed by atoms with van der Waals surface area (Å²) < 4.78 is 5.79. The Morgan fingerprint density at radius 3 is 2.65 bits per heavy atom. The van der Waals surface area contributed by atoms with Crippen LogP contribution in [-0.4, -0.2) is 12.0 Å². The van der Waals surface area contributed by atoms with Crippen molar-refractivity contribution in [2.75, 3.05) is 7.05 Å². The predicted molar refractivity (Wildman–Crippen MR) is 80.6 cm³/mol. The number of nitrogens with zero attached hydrogens (tertiary/aromatic N) is 1. The second-order valence-corrected chi connectivity index (χ2v) is 4.93. The van der Waals surface area contributed by atoms with Gasteiger partial charge in [-0.3, -0.25) is 0 Å². The summed E-state index contributed by atoms with van der Waals surface area (Å²) in [5, 5.41) is 3.14. The fourth-order valence-electron chi connectivity index (χ4n) is 2.34. The van der Waals surface area contributed by atoms with Gasteiger partial charge in [-0.05, 0) is 36.7 Å². The lowest BCUT2D eigenvalue weighted by molar-refractivity contribution is 0.528. The van der Waals surface area contributed by atoms with Crippen molar-refractivity contribution in [3.8, 4) is 0 Å². The van der Waals surface area contributed by atoms with Gasteiger partial charge in [-0.15, -0.1) is 0 Å². The maximum Gasteiger partial charge on any atom is 0.195 e. The summed E-state index contributed by atoms with van der Waals surface area (Å²) in [5.74, 6) is 0.811. The fraction of sp³-hybridized carbons (Fsp3) is 0.235. The number of aryl methyl sites for hydroxylation is 2. The van der Waals surface area contributed by atoms with Crippen molar-refractivity contribution in [1.29, 1.82) is 0 Å². The van der Waals surface area contributed by atoms with E-state index in [0.29, 0.717) is 0 Å². The van der Waals surface area contributed by atoms with Crippen LogP contribution in [-0.2, 0) is 19.4 Å². The quantitative estimate of drug-likeness (QED) is 0.769. The van der Waals surface area contributed by atoms with E-state index in [4.69, 9.17) is 4.42 Å². The Labute approximate surface area is 118 Å². The lowest BCUT2D eigenvalue weighted by atomic mass is 10.1. The molecule has 3 rings (SSSR count). The van der Waals surface area contributed by atoms with Gasteiger partial charge in [0, 0.05) is 13.0 Å². The number of oxazole rings is 1. The Hall–Kier alpha value is -2.13. The molecule has 1 aromatic heterocycles. The van der Waals surface area contributed by atoms with E-state index in [1.54, 1.807) is 0 Å². The van der Waals surface area contributed by atoms with Crippen LogP contribution in [0.2, 0.25) is 0 Å². The number of fused-ring (bicyclic) bond motifs is 1. The van der Waals surface area contributed by atoms with Gasteiger partial charge in [-0.1, -0.05) is 36.4 Å². The third kappa shape index (κ3) is 2.89. The molecule has 0 aliphatic rings. The molecule has 0 saturated carbocycles. The molecule has 0 radical (unpaired) electrons. The Kier molecular flexibility index (Phi) is 3.79. The van der Waals surface area contributed by atoms with Gasteiger partial charge >= 0.3 is 0 Å². The van der Waals surface area contributed by atoms with E-state index in [0.717, 1.165) is 36.4 Å². The summed E-state index contributed by atoms with van der Waals surface area (Å²) in [6.45, 7) is 0.849. The summed E-state index contributed by atoms with van der Waals surface area (Å²) in [7, 11) is 1.94. The Bertz CT molecular complexity index is 689. The average molecular weight is 266 g/mol. The van der Waals surface area contributed by atoms with Crippen molar-refractivity contribution in [1.82, 2.24) is 10.3 Å². The maximum atomic E-state index is 5.79. The highest BCUT2D eigenvalue weighted by Gasteiger charge is 2.06. The van der Waals surface area contributed by atoms with Crippen LogP contribution in [0.25, 0.3) is 11.1 Å². The van der Waals surface area contributed by atoms with Crippen LogP contribution >= 0.6 is 0 Å². The van der Waals surface area contributed by atoms with E-state index in [2.05, 4.69) is 46.7 Å². The number of hydrogen-bond donors (Lipinski definition) is 1. The summed E-state index contributed by atoms with van der Waals surface area (Å²) in [6, 6.07) is 16.6. The first-order valence-corrected chi connectivity index (χ1v) is 6.92. The fourth-order valence-corrected chi connectivity index (χ4v) is 2.34. The molecule has 0 amide bonds. The van der Waals surface area contributed by atoms with Gasteiger partial charge in [0.05, 0.1) is 0 Å². The summed E-state index contributed by atoms with van der Waals surface area (Å²) >= 11 is 0. The molecule has 102 valence electrons. The van der Waals surface area contributed by atoms with Gasteiger partial charge in [-0.2, -0.15) is 0 Å². The van der Waals surface area contributed by atoms with Crippen molar-refractivity contribution in [3.63, 3.8) is 0 Å². The van der Waals surface area contributed by atoms with Crippen molar-refractivity contribution in [2.45, 2.75) is 19.4 Å². The molecule has 0 aliphatic heterocycles. The second kappa shape index (κ2) is 5.88. The van der Waals surface area contributed by atoms with Crippen LogP contribution in [0.3, 0.4) is 0 Å². The van der Waals surface area contributed by atoms with E-state index in [-0.39, 0.29) is 0 Å². The Morgan fingerprint density at radius 2 is 1.85 bits per heavy atom. The third-order valence-corrected chi connectivity index (χ3v) is 3.35. The first kappa shape index (κ1) is 12.9. The summed E-state index contributed by atoms with van der Waals surface area (Å²) in [4.78, 5) is 4.58. The Morgan fingerprint density at radius 1 is 1.00 bits per heavy atom. The number of hydrogen-bond acceptors (Lipinski definition) is 3. The van der Waals surface area contributed by atoms with Crippen molar-refractivity contribution >= 4 is 11.1 Å². The highest BCUT2D eigenvalue weighted by Crippen LogP contribution is 2.18. The lowest BCUT2D eigenvalue weighted by Crippen LogP contribution is -2.04. The van der Waals surface area contributed by atoms with Crippen molar-refractivity contribution in [2.24, 2.45) is 0 Å². The maximum absolute atomic E-state index is 5.79. The first-order valence-electron chi connectivity index (χ1n) is 6.92. The SMILES string of the molecule is CNCc1ccc2oc(CCc3ccccc3)nc2c1. The molecule has 0 saturated heterocycles. The molecule has 0 bridgehead atoms. The highest BCUT2D eigenvalue weighted by atomic mass is 16.3. The van der Waals surface area contributed by atoms with Gasteiger partial charge in [0.1, 0.15) is 5.52 Å². The minimum atomic E-state index is 0.811. The minimum Gasteiger partial charge on any atom is -0.441 e. The lowest BCUT2D eigenvalue weighted by Gasteiger charge is -1.97. The smallest absolute Gasteiger partial charge is 0.195 e. The zero-order valence-corrected chi connectivity index (χ0v) is 11.6. The molecule has 0 spiro atoms. The van der Waals surface area contributed by atoms with Crippen LogP contribution in [0.1, 0.15) is 17.0 Å². The standard InChI is InChI=1S/C17H18N2O/c1-18-12-14-7-9-16-15(11-14)19-17(20-16)10-8-13-5-3-2-4-6-13/h2-7,9,11,18H,8,10,12H2,1H3.